The number of fused-ring (bicyclic) bond motifs is 1. The first-order chi connectivity index (χ1) is 6.80. The smallest absolute Gasteiger partial charge is 0.0414 e. The van der Waals surface area contributed by atoms with Crippen molar-refractivity contribution >= 4 is 5.57 Å². The van der Waals surface area contributed by atoms with Crippen molar-refractivity contribution in [2.45, 2.75) is 31.2 Å². The molecule has 0 aromatic heterocycles. The van der Waals surface area contributed by atoms with Gasteiger partial charge in [-0.2, -0.15) is 0 Å². The Hall–Kier alpha value is -1.08. The van der Waals surface area contributed by atoms with Crippen LogP contribution in [0, 0.1) is 0 Å². The monoisotopic (exact) mass is 185 g/mol. The molecule has 0 atom stereocenters. The van der Waals surface area contributed by atoms with E-state index in [9.17, 15) is 0 Å². The molecule has 0 bridgehead atoms. The van der Waals surface area contributed by atoms with E-state index < -0.39 is 0 Å². The summed E-state index contributed by atoms with van der Waals surface area (Å²) in [6.45, 7) is 0. The third kappa shape index (κ3) is 1.12. The number of allylic oxidation sites excluding steroid dienone is 1. The molecule has 1 saturated carbocycles. The van der Waals surface area contributed by atoms with Crippen LogP contribution in [-0.4, -0.2) is 5.54 Å². The van der Waals surface area contributed by atoms with Crippen LogP contribution in [0.1, 0.15) is 30.4 Å². The summed E-state index contributed by atoms with van der Waals surface area (Å²) in [7, 11) is 0. The highest BCUT2D eigenvalue weighted by molar-refractivity contribution is 5.78. The minimum absolute atomic E-state index is 0.0243. The summed E-state index contributed by atoms with van der Waals surface area (Å²) in [5.74, 6) is 0. The van der Waals surface area contributed by atoms with Crippen LogP contribution >= 0.6 is 0 Å². The van der Waals surface area contributed by atoms with Crippen molar-refractivity contribution in [3.05, 3.63) is 41.5 Å². The standard InChI is InChI=1S/C13H15N/c14-13(8-9-13)12-7-3-5-10-4-1-2-6-11(10)12/h1-2,4,6-7H,3,5,8-9,14H2. The quantitative estimate of drug-likeness (QED) is 0.714. The molecule has 2 N–H and O–H groups in total. The molecule has 0 saturated heterocycles. The van der Waals surface area contributed by atoms with Crippen molar-refractivity contribution in [3.8, 4) is 0 Å². The Labute approximate surface area is 84.6 Å². The predicted molar refractivity (Wildman–Crippen MR) is 58.9 cm³/mol. The van der Waals surface area contributed by atoms with Crippen molar-refractivity contribution in [2.75, 3.05) is 0 Å². The van der Waals surface area contributed by atoms with Crippen molar-refractivity contribution < 1.29 is 0 Å². The van der Waals surface area contributed by atoms with E-state index in [1.165, 1.54) is 23.1 Å². The second-order valence-corrected chi connectivity index (χ2v) is 4.47. The summed E-state index contributed by atoms with van der Waals surface area (Å²) >= 11 is 0. The maximum atomic E-state index is 6.27. The van der Waals surface area contributed by atoms with Crippen molar-refractivity contribution in [3.63, 3.8) is 0 Å². The lowest BCUT2D eigenvalue weighted by Crippen LogP contribution is -2.25. The summed E-state index contributed by atoms with van der Waals surface area (Å²) < 4.78 is 0. The van der Waals surface area contributed by atoms with Gasteiger partial charge in [0.15, 0.2) is 0 Å². The molecule has 2 aliphatic carbocycles. The van der Waals surface area contributed by atoms with Gasteiger partial charge in [0.1, 0.15) is 0 Å². The summed E-state index contributed by atoms with van der Waals surface area (Å²) in [5.41, 5.74) is 10.6. The molecular formula is C13H15N. The largest absolute Gasteiger partial charge is 0.321 e. The average Bonchev–Trinajstić information content (AvgIpc) is 2.97. The molecule has 0 spiro atoms. The summed E-state index contributed by atoms with van der Waals surface area (Å²) in [5, 5.41) is 0. The zero-order valence-corrected chi connectivity index (χ0v) is 8.29. The molecule has 1 fully saturated rings. The topological polar surface area (TPSA) is 26.0 Å². The number of benzene rings is 1. The second kappa shape index (κ2) is 2.71. The number of hydrogen-bond acceptors (Lipinski definition) is 1. The molecule has 0 unspecified atom stereocenters. The molecule has 72 valence electrons. The molecule has 1 aromatic carbocycles. The van der Waals surface area contributed by atoms with Gasteiger partial charge >= 0.3 is 0 Å². The third-order valence-corrected chi connectivity index (χ3v) is 3.39. The molecule has 0 heterocycles. The summed E-state index contributed by atoms with van der Waals surface area (Å²) in [6.07, 6.45) is 7.00. The number of hydrogen-bond donors (Lipinski definition) is 1. The van der Waals surface area contributed by atoms with Crippen LogP contribution in [0.3, 0.4) is 0 Å². The Morgan fingerprint density at radius 1 is 1.14 bits per heavy atom. The first kappa shape index (κ1) is 8.25. The number of aryl methyl sites for hydroxylation is 1. The van der Waals surface area contributed by atoms with Crippen LogP contribution in [0.2, 0.25) is 0 Å². The van der Waals surface area contributed by atoms with E-state index in [2.05, 4.69) is 30.3 Å². The molecule has 0 radical (unpaired) electrons. The molecular weight excluding hydrogens is 170 g/mol. The second-order valence-electron chi connectivity index (χ2n) is 4.47. The molecule has 0 amide bonds. The fraction of sp³-hybridized carbons (Fsp3) is 0.385. The minimum atomic E-state index is 0.0243. The molecule has 1 nitrogen and oxygen atoms in total. The van der Waals surface area contributed by atoms with E-state index in [1.807, 2.05) is 0 Å². The molecule has 2 aliphatic rings. The van der Waals surface area contributed by atoms with Gasteiger partial charge in [0, 0.05) is 5.54 Å². The first-order valence-corrected chi connectivity index (χ1v) is 5.37. The van der Waals surface area contributed by atoms with E-state index in [4.69, 9.17) is 5.73 Å². The van der Waals surface area contributed by atoms with Crippen LogP contribution in [0.4, 0.5) is 0 Å². The van der Waals surface area contributed by atoms with E-state index in [0.29, 0.717) is 0 Å². The van der Waals surface area contributed by atoms with Crippen molar-refractivity contribution in [1.29, 1.82) is 0 Å². The van der Waals surface area contributed by atoms with Gasteiger partial charge in [-0.05, 0) is 42.4 Å². The Morgan fingerprint density at radius 3 is 2.71 bits per heavy atom. The van der Waals surface area contributed by atoms with Crippen LogP contribution in [0.25, 0.3) is 5.57 Å². The SMILES string of the molecule is NC1(C2=CCCc3ccccc32)CC1. The van der Waals surface area contributed by atoms with Gasteiger partial charge in [-0.15, -0.1) is 0 Å². The molecule has 3 rings (SSSR count). The van der Waals surface area contributed by atoms with E-state index >= 15 is 0 Å². The van der Waals surface area contributed by atoms with Crippen LogP contribution in [0.5, 0.6) is 0 Å². The highest BCUT2D eigenvalue weighted by Crippen LogP contribution is 2.46. The fourth-order valence-corrected chi connectivity index (χ4v) is 2.36. The molecule has 1 heteroatoms. The minimum Gasteiger partial charge on any atom is -0.321 e. The lowest BCUT2D eigenvalue weighted by Gasteiger charge is -2.22. The van der Waals surface area contributed by atoms with Gasteiger partial charge in [0.25, 0.3) is 0 Å². The van der Waals surface area contributed by atoms with Gasteiger partial charge in [0.2, 0.25) is 0 Å². The maximum absolute atomic E-state index is 6.27. The lowest BCUT2D eigenvalue weighted by atomic mass is 9.86. The fourth-order valence-electron chi connectivity index (χ4n) is 2.36. The third-order valence-electron chi connectivity index (χ3n) is 3.39. The molecule has 0 aliphatic heterocycles. The zero-order chi connectivity index (χ0) is 9.60. The normalized spacial score (nSPS) is 22.5. The average molecular weight is 185 g/mol. The predicted octanol–water partition coefficient (Wildman–Crippen LogP) is 2.51. The van der Waals surface area contributed by atoms with Crippen LogP contribution < -0.4 is 5.73 Å². The first-order valence-electron chi connectivity index (χ1n) is 5.37. The lowest BCUT2D eigenvalue weighted by molar-refractivity contribution is 0.848. The van der Waals surface area contributed by atoms with Crippen LogP contribution in [-0.2, 0) is 6.42 Å². The number of nitrogens with two attached hydrogens (primary N) is 1. The Morgan fingerprint density at radius 2 is 1.93 bits per heavy atom. The van der Waals surface area contributed by atoms with Gasteiger partial charge in [-0.25, -0.2) is 0 Å². The zero-order valence-electron chi connectivity index (χ0n) is 8.29. The van der Waals surface area contributed by atoms with Gasteiger partial charge < -0.3 is 5.73 Å². The Balaban J connectivity index is 2.11. The van der Waals surface area contributed by atoms with Crippen LogP contribution in [0.15, 0.2) is 30.3 Å². The maximum Gasteiger partial charge on any atom is 0.0414 e. The van der Waals surface area contributed by atoms with Crippen molar-refractivity contribution in [2.24, 2.45) is 5.73 Å². The molecule has 1 aromatic rings. The van der Waals surface area contributed by atoms with E-state index in [-0.39, 0.29) is 5.54 Å². The van der Waals surface area contributed by atoms with E-state index in [1.54, 1.807) is 0 Å². The van der Waals surface area contributed by atoms with Crippen molar-refractivity contribution in [1.82, 2.24) is 0 Å². The summed E-state index contributed by atoms with van der Waals surface area (Å²) in [6, 6.07) is 8.68. The highest BCUT2D eigenvalue weighted by atomic mass is 14.8. The molecule has 14 heavy (non-hydrogen) atoms. The van der Waals surface area contributed by atoms with Gasteiger partial charge in [-0.1, -0.05) is 30.3 Å². The van der Waals surface area contributed by atoms with Gasteiger partial charge in [-0.3, -0.25) is 0 Å². The highest BCUT2D eigenvalue weighted by Gasteiger charge is 2.43. The van der Waals surface area contributed by atoms with Gasteiger partial charge in [0.05, 0.1) is 0 Å². The Bertz CT molecular complexity index is 399. The van der Waals surface area contributed by atoms with E-state index in [0.717, 1.165) is 19.3 Å². The summed E-state index contributed by atoms with van der Waals surface area (Å²) in [4.78, 5) is 0. The Kier molecular flexibility index (Phi) is 1.59. The number of rotatable bonds is 1.